The number of hydrogen-bond acceptors (Lipinski definition) is 3. The molecular formula is C15H29NO2. The van der Waals surface area contributed by atoms with Crippen molar-refractivity contribution in [2.45, 2.75) is 70.6 Å². The zero-order valence-corrected chi connectivity index (χ0v) is 11.9. The van der Waals surface area contributed by atoms with Crippen LogP contribution >= 0.6 is 0 Å². The Kier molecular flexibility index (Phi) is 5.46. The quantitative estimate of drug-likeness (QED) is 0.733. The molecule has 0 heterocycles. The second-order valence-corrected chi connectivity index (χ2v) is 6.52. The van der Waals surface area contributed by atoms with Crippen LogP contribution in [-0.2, 0) is 4.74 Å². The van der Waals surface area contributed by atoms with Gasteiger partial charge in [-0.05, 0) is 50.4 Å². The fraction of sp³-hybridized carbons (Fsp3) is 1.00. The van der Waals surface area contributed by atoms with E-state index in [1.165, 1.54) is 32.1 Å². The van der Waals surface area contributed by atoms with Gasteiger partial charge in [0, 0.05) is 18.7 Å². The average molecular weight is 255 g/mol. The van der Waals surface area contributed by atoms with Crippen molar-refractivity contribution in [3.05, 3.63) is 0 Å². The van der Waals surface area contributed by atoms with Crippen LogP contribution in [0.3, 0.4) is 0 Å². The number of rotatable bonds is 7. The standard InChI is InChI=1S/C15H29NO2/c1-11-7-12(2)9-15(8-11)18-6-5-14(10-17)16-13-3-4-13/h11-17H,3-10H2,1-2H3. The fourth-order valence-corrected chi connectivity index (χ4v) is 3.20. The van der Waals surface area contributed by atoms with Gasteiger partial charge in [-0.2, -0.15) is 0 Å². The van der Waals surface area contributed by atoms with E-state index in [0.29, 0.717) is 12.1 Å². The van der Waals surface area contributed by atoms with E-state index in [1.54, 1.807) is 0 Å². The highest BCUT2D eigenvalue weighted by atomic mass is 16.5. The van der Waals surface area contributed by atoms with Gasteiger partial charge >= 0.3 is 0 Å². The van der Waals surface area contributed by atoms with Gasteiger partial charge in [-0.1, -0.05) is 13.8 Å². The smallest absolute Gasteiger partial charge is 0.0585 e. The van der Waals surface area contributed by atoms with Gasteiger partial charge in [-0.15, -0.1) is 0 Å². The Balaban J connectivity index is 1.61. The molecule has 2 aliphatic carbocycles. The van der Waals surface area contributed by atoms with Gasteiger partial charge in [0.25, 0.3) is 0 Å². The summed E-state index contributed by atoms with van der Waals surface area (Å²) in [5.41, 5.74) is 0. The Hall–Kier alpha value is -0.120. The molecule has 3 atom stereocenters. The van der Waals surface area contributed by atoms with Crippen molar-refractivity contribution in [2.24, 2.45) is 11.8 Å². The highest BCUT2D eigenvalue weighted by Crippen LogP contribution is 2.30. The van der Waals surface area contributed by atoms with Crippen LogP contribution in [0.5, 0.6) is 0 Å². The van der Waals surface area contributed by atoms with E-state index in [2.05, 4.69) is 19.2 Å². The Morgan fingerprint density at radius 3 is 2.39 bits per heavy atom. The molecule has 2 rings (SSSR count). The summed E-state index contributed by atoms with van der Waals surface area (Å²) in [6, 6.07) is 0.896. The van der Waals surface area contributed by atoms with Gasteiger partial charge in [0.05, 0.1) is 12.7 Å². The lowest BCUT2D eigenvalue weighted by Gasteiger charge is -2.31. The minimum Gasteiger partial charge on any atom is -0.395 e. The van der Waals surface area contributed by atoms with E-state index in [9.17, 15) is 5.11 Å². The fourth-order valence-electron chi connectivity index (χ4n) is 3.20. The molecule has 2 saturated carbocycles. The van der Waals surface area contributed by atoms with Gasteiger partial charge in [0.2, 0.25) is 0 Å². The first kappa shape index (κ1) is 14.3. The monoisotopic (exact) mass is 255 g/mol. The van der Waals surface area contributed by atoms with Crippen LogP contribution in [0.15, 0.2) is 0 Å². The Bertz CT molecular complexity index is 233. The minimum absolute atomic E-state index is 0.232. The molecule has 0 spiro atoms. The summed E-state index contributed by atoms with van der Waals surface area (Å²) in [6.45, 7) is 5.68. The van der Waals surface area contributed by atoms with Crippen LogP contribution in [0.4, 0.5) is 0 Å². The molecule has 3 nitrogen and oxygen atoms in total. The van der Waals surface area contributed by atoms with E-state index in [0.717, 1.165) is 24.9 Å². The molecule has 106 valence electrons. The van der Waals surface area contributed by atoms with Crippen LogP contribution in [0, 0.1) is 11.8 Å². The molecule has 0 aromatic rings. The molecular weight excluding hydrogens is 226 g/mol. The van der Waals surface area contributed by atoms with Crippen LogP contribution in [0.1, 0.15) is 52.4 Å². The van der Waals surface area contributed by atoms with Crippen LogP contribution in [0.2, 0.25) is 0 Å². The highest BCUT2D eigenvalue weighted by Gasteiger charge is 2.26. The maximum atomic E-state index is 9.31. The molecule has 0 amide bonds. The molecule has 18 heavy (non-hydrogen) atoms. The molecule has 2 aliphatic rings. The number of aliphatic hydroxyl groups excluding tert-OH is 1. The van der Waals surface area contributed by atoms with Gasteiger partial charge < -0.3 is 15.2 Å². The predicted molar refractivity (Wildman–Crippen MR) is 73.6 cm³/mol. The van der Waals surface area contributed by atoms with Gasteiger partial charge in [-0.25, -0.2) is 0 Å². The lowest BCUT2D eigenvalue weighted by molar-refractivity contribution is -0.00461. The molecule has 0 aliphatic heterocycles. The number of ether oxygens (including phenoxy) is 1. The second kappa shape index (κ2) is 6.88. The third kappa shape index (κ3) is 4.87. The summed E-state index contributed by atoms with van der Waals surface area (Å²) in [6.07, 6.45) is 7.71. The molecule has 0 aromatic heterocycles. The first-order valence-electron chi connectivity index (χ1n) is 7.66. The normalized spacial score (nSPS) is 34.5. The summed E-state index contributed by atoms with van der Waals surface area (Å²) in [5, 5.41) is 12.8. The van der Waals surface area contributed by atoms with Gasteiger partial charge in [-0.3, -0.25) is 0 Å². The molecule has 2 N–H and O–H groups in total. The first-order chi connectivity index (χ1) is 8.67. The first-order valence-corrected chi connectivity index (χ1v) is 7.66. The largest absolute Gasteiger partial charge is 0.395 e. The molecule has 0 saturated heterocycles. The van der Waals surface area contributed by atoms with Crippen molar-refractivity contribution in [3.8, 4) is 0 Å². The van der Waals surface area contributed by atoms with Crippen molar-refractivity contribution < 1.29 is 9.84 Å². The van der Waals surface area contributed by atoms with E-state index in [4.69, 9.17) is 4.74 Å². The Labute approximate surface area is 111 Å². The Morgan fingerprint density at radius 1 is 1.17 bits per heavy atom. The lowest BCUT2D eigenvalue weighted by Crippen LogP contribution is -2.36. The highest BCUT2D eigenvalue weighted by molar-refractivity contribution is 4.84. The van der Waals surface area contributed by atoms with E-state index < -0.39 is 0 Å². The maximum absolute atomic E-state index is 9.31. The van der Waals surface area contributed by atoms with E-state index >= 15 is 0 Å². The number of aliphatic hydroxyl groups is 1. The van der Waals surface area contributed by atoms with Crippen LogP contribution < -0.4 is 5.32 Å². The number of hydrogen-bond donors (Lipinski definition) is 2. The zero-order valence-electron chi connectivity index (χ0n) is 11.9. The lowest BCUT2D eigenvalue weighted by atomic mass is 9.82. The summed E-state index contributed by atoms with van der Waals surface area (Å²) in [7, 11) is 0. The SMILES string of the molecule is CC1CC(C)CC(OCCC(CO)NC2CC2)C1. The third-order valence-electron chi connectivity index (χ3n) is 4.22. The Morgan fingerprint density at radius 2 is 1.83 bits per heavy atom. The van der Waals surface area contributed by atoms with Crippen LogP contribution in [-0.4, -0.2) is 36.5 Å². The topological polar surface area (TPSA) is 41.5 Å². The van der Waals surface area contributed by atoms with Gasteiger partial charge in [0.1, 0.15) is 0 Å². The van der Waals surface area contributed by atoms with Crippen molar-refractivity contribution in [2.75, 3.05) is 13.2 Å². The molecule has 0 bridgehead atoms. The zero-order chi connectivity index (χ0) is 13.0. The van der Waals surface area contributed by atoms with Crippen LogP contribution in [0.25, 0.3) is 0 Å². The molecule has 2 fully saturated rings. The van der Waals surface area contributed by atoms with Crippen molar-refractivity contribution >= 4 is 0 Å². The minimum atomic E-state index is 0.232. The average Bonchev–Trinajstić information content (AvgIpc) is 3.10. The maximum Gasteiger partial charge on any atom is 0.0585 e. The molecule has 3 heteroatoms. The summed E-state index contributed by atoms with van der Waals surface area (Å²) in [5.74, 6) is 1.61. The molecule has 3 unspecified atom stereocenters. The van der Waals surface area contributed by atoms with Crippen molar-refractivity contribution in [1.82, 2.24) is 5.32 Å². The predicted octanol–water partition coefficient (Wildman–Crippen LogP) is 2.33. The van der Waals surface area contributed by atoms with E-state index in [-0.39, 0.29) is 12.6 Å². The van der Waals surface area contributed by atoms with Gasteiger partial charge in [0.15, 0.2) is 0 Å². The second-order valence-electron chi connectivity index (χ2n) is 6.52. The summed E-state index contributed by atoms with van der Waals surface area (Å²) < 4.78 is 6.01. The molecule has 0 radical (unpaired) electrons. The van der Waals surface area contributed by atoms with Crippen molar-refractivity contribution in [1.29, 1.82) is 0 Å². The number of nitrogens with one attached hydrogen (secondary N) is 1. The summed E-state index contributed by atoms with van der Waals surface area (Å²) in [4.78, 5) is 0. The summed E-state index contributed by atoms with van der Waals surface area (Å²) >= 11 is 0. The van der Waals surface area contributed by atoms with E-state index in [1.807, 2.05) is 0 Å². The molecule has 0 aromatic carbocycles. The third-order valence-corrected chi connectivity index (χ3v) is 4.22. The van der Waals surface area contributed by atoms with Crippen molar-refractivity contribution in [3.63, 3.8) is 0 Å².